The van der Waals surface area contributed by atoms with E-state index in [-0.39, 0.29) is 5.56 Å². The van der Waals surface area contributed by atoms with Crippen molar-refractivity contribution >= 4 is 49.6 Å². The Morgan fingerprint density at radius 1 is 0.479 bits per heavy atom. The Labute approximate surface area is 274 Å². The molecule has 48 heavy (non-hydrogen) atoms. The summed E-state index contributed by atoms with van der Waals surface area (Å²) in [4.78, 5) is 0. The summed E-state index contributed by atoms with van der Waals surface area (Å²) in [7, 11) is 0. The van der Waals surface area contributed by atoms with E-state index in [1.165, 1.54) is 5.56 Å². The molecule has 232 valence electrons. The van der Waals surface area contributed by atoms with Crippen molar-refractivity contribution in [1.29, 1.82) is 0 Å². The third-order valence-corrected chi connectivity index (χ3v) is 9.69. The van der Waals surface area contributed by atoms with E-state index >= 15 is 0 Å². The molecule has 8 aromatic rings. The number of benzene rings is 7. The van der Waals surface area contributed by atoms with E-state index in [0.29, 0.717) is 11.1 Å². The van der Waals surface area contributed by atoms with Crippen LogP contribution in [0, 0.1) is 0 Å². The molecule has 7 aromatic carbocycles. The van der Waals surface area contributed by atoms with Gasteiger partial charge in [-0.05, 0) is 79.9 Å². The van der Waals surface area contributed by atoms with E-state index in [1.807, 2.05) is 48.5 Å². The Bertz CT molecular complexity index is 2590. The van der Waals surface area contributed by atoms with Gasteiger partial charge >= 0.3 is 0 Å². The van der Waals surface area contributed by atoms with E-state index < -0.39 is 28.7 Å². The Balaban J connectivity index is 1.34. The Hall–Kier alpha value is -6.40. The Kier molecular flexibility index (Phi) is 5.98. The molecule has 9 rings (SSSR count). The van der Waals surface area contributed by atoms with Crippen molar-refractivity contribution in [2.75, 3.05) is 0 Å². The second-order valence-electron chi connectivity index (χ2n) is 12.3. The molecule has 1 aliphatic rings. The van der Waals surface area contributed by atoms with Crippen LogP contribution in [0.1, 0.15) is 17.5 Å². The third kappa shape index (κ3) is 3.86. The van der Waals surface area contributed by atoms with Gasteiger partial charge in [-0.1, -0.05) is 103 Å². The third-order valence-electron chi connectivity index (χ3n) is 9.69. The highest BCUT2D eigenvalue weighted by molar-refractivity contribution is 6.23. The van der Waals surface area contributed by atoms with E-state index in [4.69, 9.17) is 4.42 Å². The van der Waals surface area contributed by atoms with Gasteiger partial charge in [-0.25, -0.2) is 0 Å². The number of fused-ring (bicyclic) bond motifs is 7. The fourth-order valence-electron chi connectivity index (χ4n) is 7.49. The first-order chi connectivity index (χ1) is 23.4. The lowest BCUT2D eigenvalue weighted by Gasteiger charge is -2.20. The number of aromatic hydroxyl groups is 5. The summed E-state index contributed by atoms with van der Waals surface area (Å²) in [5.74, 6) is -4.31. The molecule has 0 aliphatic heterocycles. The molecule has 0 unspecified atom stereocenters. The molecule has 6 heteroatoms. The minimum absolute atomic E-state index is 0.192. The normalized spacial score (nSPS) is 12.8. The van der Waals surface area contributed by atoms with Crippen molar-refractivity contribution in [1.82, 2.24) is 0 Å². The molecular weight excluding hydrogens is 600 g/mol. The molecule has 0 radical (unpaired) electrons. The second-order valence-corrected chi connectivity index (χ2v) is 12.3. The number of hydrogen-bond acceptors (Lipinski definition) is 6. The summed E-state index contributed by atoms with van der Waals surface area (Å²) in [6.07, 6.45) is 6.41. The maximum Gasteiger partial charge on any atom is 0.208 e. The fraction of sp³-hybridized carbons (Fsp3) is 0.0476. The average molecular weight is 629 g/mol. The summed E-state index contributed by atoms with van der Waals surface area (Å²) in [5.41, 5.74) is 7.89. The summed E-state index contributed by atoms with van der Waals surface area (Å²) in [6, 6.07) is 34.1. The topological polar surface area (TPSA) is 114 Å². The lowest BCUT2D eigenvalue weighted by atomic mass is 9.83. The standard InChI is InChI=1S/C42H28O6/c43-37-36(38(44)40(46)41(47)39(37)45)31-16-8-7-15-30(31)35-28-13-5-3-11-26(28)34(27-12-4-6-14-29(27)35)23-18-19-25-32-20-17-22-9-1-2-10-24(22)42(32)48-33(25)21-23/h2-8,10-21,43-47H,1,9H2. The largest absolute Gasteiger partial charge is 0.504 e. The highest BCUT2D eigenvalue weighted by atomic mass is 16.4. The quantitative estimate of drug-likeness (QED) is 0.0756. The number of rotatable bonds is 3. The second kappa shape index (κ2) is 10.3. The van der Waals surface area contributed by atoms with Gasteiger partial charge in [-0.15, -0.1) is 0 Å². The van der Waals surface area contributed by atoms with Crippen LogP contribution >= 0.6 is 0 Å². The minimum Gasteiger partial charge on any atom is -0.504 e. The summed E-state index contributed by atoms with van der Waals surface area (Å²) in [5, 5.41) is 58.8. The van der Waals surface area contributed by atoms with Gasteiger partial charge in [-0.3, -0.25) is 0 Å². The van der Waals surface area contributed by atoms with Gasteiger partial charge in [0, 0.05) is 16.3 Å². The minimum atomic E-state index is -0.996. The van der Waals surface area contributed by atoms with Crippen molar-refractivity contribution in [3.8, 4) is 62.1 Å². The molecule has 0 amide bonds. The van der Waals surface area contributed by atoms with Gasteiger partial charge < -0.3 is 29.9 Å². The molecular formula is C42H28O6. The van der Waals surface area contributed by atoms with Crippen molar-refractivity contribution in [3.05, 3.63) is 120 Å². The zero-order valence-corrected chi connectivity index (χ0v) is 25.5. The van der Waals surface area contributed by atoms with E-state index in [2.05, 4.69) is 54.6 Å². The first-order valence-electron chi connectivity index (χ1n) is 15.8. The predicted octanol–water partition coefficient (Wildman–Crippen LogP) is 10.4. The van der Waals surface area contributed by atoms with Gasteiger partial charge in [-0.2, -0.15) is 0 Å². The van der Waals surface area contributed by atoms with Gasteiger partial charge in [0.05, 0.1) is 5.56 Å². The van der Waals surface area contributed by atoms with Crippen LogP contribution in [0.4, 0.5) is 0 Å². The van der Waals surface area contributed by atoms with Crippen molar-refractivity contribution in [2.45, 2.75) is 12.8 Å². The summed E-state index contributed by atoms with van der Waals surface area (Å²) >= 11 is 0. The van der Waals surface area contributed by atoms with Crippen LogP contribution in [0.3, 0.4) is 0 Å². The molecule has 0 spiro atoms. The summed E-state index contributed by atoms with van der Waals surface area (Å²) < 4.78 is 6.59. The van der Waals surface area contributed by atoms with Crippen LogP contribution in [0.2, 0.25) is 0 Å². The Morgan fingerprint density at radius 3 is 1.67 bits per heavy atom. The molecule has 0 atom stereocenters. The van der Waals surface area contributed by atoms with Gasteiger partial charge in [0.25, 0.3) is 0 Å². The maximum absolute atomic E-state index is 10.9. The maximum atomic E-state index is 10.9. The van der Waals surface area contributed by atoms with Crippen molar-refractivity contribution in [2.24, 2.45) is 0 Å². The SMILES string of the molecule is Oc1c(O)c(O)c(-c2ccccc2-c2c3ccccc3c(-c3ccc4c(c3)oc3c5c(ccc34)CCC=C5)c3ccccc23)c(O)c1O. The molecule has 1 aliphatic carbocycles. The van der Waals surface area contributed by atoms with Crippen LogP contribution in [0.15, 0.2) is 114 Å². The zero-order chi connectivity index (χ0) is 32.7. The molecule has 5 N–H and O–H groups in total. The molecule has 0 fully saturated rings. The number of phenols is 5. The molecule has 0 bridgehead atoms. The lowest BCUT2D eigenvalue weighted by Crippen LogP contribution is -1.93. The van der Waals surface area contributed by atoms with Crippen LogP contribution < -0.4 is 0 Å². The fourth-order valence-corrected chi connectivity index (χ4v) is 7.49. The molecule has 0 saturated heterocycles. The van der Waals surface area contributed by atoms with E-state index in [1.54, 1.807) is 12.1 Å². The highest BCUT2D eigenvalue weighted by Crippen LogP contribution is 2.57. The highest BCUT2D eigenvalue weighted by Gasteiger charge is 2.27. The van der Waals surface area contributed by atoms with Crippen LogP contribution in [-0.2, 0) is 6.42 Å². The Morgan fingerprint density at radius 2 is 1.02 bits per heavy atom. The molecule has 0 saturated carbocycles. The van der Waals surface area contributed by atoms with Crippen molar-refractivity contribution in [3.63, 3.8) is 0 Å². The lowest BCUT2D eigenvalue weighted by molar-refractivity contribution is 0.330. The van der Waals surface area contributed by atoms with Gasteiger partial charge in [0.15, 0.2) is 11.5 Å². The van der Waals surface area contributed by atoms with E-state index in [9.17, 15) is 25.5 Å². The monoisotopic (exact) mass is 628 g/mol. The van der Waals surface area contributed by atoms with E-state index in [0.717, 1.165) is 78.6 Å². The van der Waals surface area contributed by atoms with Crippen molar-refractivity contribution < 1.29 is 29.9 Å². The zero-order valence-electron chi connectivity index (χ0n) is 25.5. The average Bonchev–Trinajstić information content (AvgIpc) is 3.51. The smallest absolute Gasteiger partial charge is 0.208 e. The first-order valence-corrected chi connectivity index (χ1v) is 15.8. The molecule has 6 nitrogen and oxygen atoms in total. The summed E-state index contributed by atoms with van der Waals surface area (Å²) in [6.45, 7) is 0. The van der Waals surface area contributed by atoms with Gasteiger partial charge in [0.2, 0.25) is 17.2 Å². The molecule has 1 aromatic heterocycles. The number of hydrogen-bond donors (Lipinski definition) is 5. The predicted molar refractivity (Wildman–Crippen MR) is 191 cm³/mol. The number of furan rings is 1. The van der Waals surface area contributed by atoms with Crippen LogP contribution in [0.5, 0.6) is 28.7 Å². The number of phenolic OH excluding ortho intramolecular Hbond substituents is 5. The van der Waals surface area contributed by atoms with Crippen LogP contribution in [-0.4, -0.2) is 25.5 Å². The van der Waals surface area contributed by atoms with Crippen LogP contribution in [0.25, 0.3) is 82.9 Å². The van der Waals surface area contributed by atoms with Gasteiger partial charge in [0.1, 0.15) is 11.2 Å². The first kappa shape index (κ1) is 27.9. The number of aryl methyl sites for hydroxylation is 1. The molecule has 1 heterocycles. The number of allylic oxidation sites excluding steroid dienone is 1.